The maximum absolute atomic E-state index is 12.2. The molecule has 0 aromatic heterocycles. The predicted octanol–water partition coefficient (Wildman–Crippen LogP) is 1.73. The summed E-state index contributed by atoms with van der Waals surface area (Å²) in [5.74, 6) is 1.24. The average molecular weight is 334 g/mol. The van der Waals surface area contributed by atoms with Crippen LogP contribution >= 0.6 is 0 Å². The number of hydrogen-bond donors (Lipinski definition) is 2. The molecule has 0 radical (unpaired) electrons. The van der Waals surface area contributed by atoms with Gasteiger partial charge in [0.05, 0.1) is 13.2 Å². The molecule has 0 spiro atoms. The summed E-state index contributed by atoms with van der Waals surface area (Å²) in [4.78, 5) is 12.2. The van der Waals surface area contributed by atoms with Crippen LogP contribution in [0.4, 0.5) is 5.69 Å². The molecular formula is C18H26N2O4. The summed E-state index contributed by atoms with van der Waals surface area (Å²) in [6.45, 7) is 6.24. The largest absolute Gasteiger partial charge is 0.493 e. The number of hydrogen-bond acceptors (Lipinski definition) is 5. The van der Waals surface area contributed by atoms with E-state index in [0.717, 1.165) is 49.6 Å². The lowest BCUT2D eigenvalue weighted by Gasteiger charge is -2.24. The molecule has 1 atom stereocenters. The van der Waals surface area contributed by atoms with Crippen molar-refractivity contribution in [3.63, 3.8) is 0 Å². The molecule has 2 aliphatic rings. The first-order valence-electron chi connectivity index (χ1n) is 8.67. The van der Waals surface area contributed by atoms with Gasteiger partial charge in [-0.05, 0) is 37.3 Å². The molecule has 132 valence electrons. The van der Waals surface area contributed by atoms with Crippen molar-refractivity contribution in [3.8, 4) is 5.75 Å². The zero-order valence-corrected chi connectivity index (χ0v) is 14.2. The van der Waals surface area contributed by atoms with E-state index in [1.54, 1.807) is 0 Å². The van der Waals surface area contributed by atoms with Gasteiger partial charge in [-0.15, -0.1) is 0 Å². The molecule has 0 saturated carbocycles. The predicted molar refractivity (Wildman–Crippen MR) is 91.5 cm³/mol. The topological polar surface area (TPSA) is 68.8 Å². The summed E-state index contributed by atoms with van der Waals surface area (Å²) in [5.41, 5.74) is 1.80. The Labute approximate surface area is 142 Å². The Kier molecular flexibility index (Phi) is 6.07. The fourth-order valence-corrected chi connectivity index (χ4v) is 2.91. The molecule has 0 aliphatic carbocycles. The molecule has 1 unspecified atom stereocenters. The lowest BCUT2D eigenvalue weighted by Crippen LogP contribution is -2.45. The van der Waals surface area contributed by atoms with Gasteiger partial charge in [-0.1, -0.05) is 6.07 Å². The van der Waals surface area contributed by atoms with Crippen LogP contribution in [0.15, 0.2) is 18.2 Å². The molecule has 2 heterocycles. The van der Waals surface area contributed by atoms with Crippen molar-refractivity contribution in [1.29, 1.82) is 0 Å². The number of nitrogens with one attached hydrogen (secondary N) is 2. The Morgan fingerprint density at radius 3 is 2.92 bits per heavy atom. The Bertz CT molecular complexity index is 552. The molecule has 6 nitrogen and oxygen atoms in total. The number of rotatable bonds is 5. The van der Waals surface area contributed by atoms with E-state index in [2.05, 4.69) is 10.6 Å². The zero-order chi connectivity index (χ0) is 16.8. The maximum Gasteiger partial charge on any atom is 0.254 e. The third-order valence-corrected chi connectivity index (χ3v) is 4.49. The minimum atomic E-state index is -0.438. The van der Waals surface area contributed by atoms with Crippen molar-refractivity contribution >= 4 is 11.6 Å². The minimum absolute atomic E-state index is 0.124. The number of carbonyl (C=O) groups excluding carboxylic acids is 1. The molecule has 1 aromatic rings. The highest BCUT2D eigenvalue weighted by molar-refractivity contribution is 5.94. The lowest BCUT2D eigenvalue weighted by atomic mass is 10.0. The molecule has 0 bridgehead atoms. The average Bonchev–Trinajstić information content (AvgIpc) is 2.63. The van der Waals surface area contributed by atoms with Crippen LogP contribution in [0.5, 0.6) is 5.75 Å². The highest BCUT2D eigenvalue weighted by Gasteiger charge is 2.22. The molecule has 2 fully saturated rings. The van der Waals surface area contributed by atoms with E-state index >= 15 is 0 Å². The Balaban J connectivity index is 1.57. The van der Waals surface area contributed by atoms with Crippen LogP contribution in [-0.4, -0.2) is 51.5 Å². The Morgan fingerprint density at radius 1 is 1.33 bits per heavy atom. The summed E-state index contributed by atoms with van der Waals surface area (Å²) in [6, 6.07) is 5.75. The van der Waals surface area contributed by atoms with E-state index in [1.807, 2.05) is 25.1 Å². The summed E-state index contributed by atoms with van der Waals surface area (Å²) in [6.07, 6.45) is 1.65. The lowest BCUT2D eigenvalue weighted by molar-refractivity contribution is -0.128. The van der Waals surface area contributed by atoms with Gasteiger partial charge in [-0.3, -0.25) is 4.79 Å². The second-order valence-corrected chi connectivity index (χ2v) is 6.40. The molecular weight excluding hydrogens is 308 g/mol. The van der Waals surface area contributed by atoms with E-state index in [-0.39, 0.29) is 5.91 Å². The van der Waals surface area contributed by atoms with Crippen LogP contribution < -0.4 is 15.4 Å². The first-order chi connectivity index (χ1) is 11.7. The fourth-order valence-electron chi connectivity index (χ4n) is 2.91. The number of carbonyl (C=O) groups is 1. The van der Waals surface area contributed by atoms with Crippen molar-refractivity contribution in [2.24, 2.45) is 5.92 Å². The second-order valence-electron chi connectivity index (χ2n) is 6.40. The van der Waals surface area contributed by atoms with Gasteiger partial charge < -0.3 is 24.8 Å². The number of morpholine rings is 1. The van der Waals surface area contributed by atoms with Gasteiger partial charge in [0.25, 0.3) is 5.91 Å². The van der Waals surface area contributed by atoms with Crippen LogP contribution in [0.3, 0.4) is 0 Å². The van der Waals surface area contributed by atoms with E-state index in [9.17, 15) is 4.79 Å². The SMILES string of the molecule is Cc1ccc(NC(=O)C2CNCCO2)cc1OCC1CCOCC1. The Morgan fingerprint density at radius 2 is 2.17 bits per heavy atom. The number of benzene rings is 1. The molecule has 1 amide bonds. The smallest absolute Gasteiger partial charge is 0.254 e. The summed E-state index contributed by atoms with van der Waals surface area (Å²) in [5, 5.41) is 6.07. The van der Waals surface area contributed by atoms with Crippen molar-refractivity contribution in [3.05, 3.63) is 23.8 Å². The number of amides is 1. The number of anilines is 1. The quantitative estimate of drug-likeness (QED) is 0.858. The molecule has 2 saturated heterocycles. The van der Waals surface area contributed by atoms with Gasteiger partial charge in [0.2, 0.25) is 0 Å². The number of ether oxygens (including phenoxy) is 3. The Hall–Kier alpha value is -1.63. The third kappa shape index (κ3) is 4.69. The zero-order valence-electron chi connectivity index (χ0n) is 14.2. The summed E-state index contributed by atoms with van der Waals surface area (Å²) >= 11 is 0. The van der Waals surface area contributed by atoms with Crippen molar-refractivity contribution in [2.45, 2.75) is 25.9 Å². The fraction of sp³-hybridized carbons (Fsp3) is 0.611. The van der Waals surface area contributed by atoms with Crippen LogP contribution in [0.1, 0.15) is 18.4 Å². The van der Waals surface area contributed by atoms with Gasteiger partial charge in [0, 0.05) is 38.1 Å². The number of aryl methyl sites for hydroxylation is 1. The summed E-state index contributed by atoms with van der Waals surface area (Å²) in [7, 11) is 0. The molecule has 3 rings (SSSR count). The second kappa shape index (κ2) is 8.46. The monoisotopic (exact) mass is 334 g/mol. The first kappa shape index (κ1) is 17.2. The highest BCUT2D eigenvalue weighted by atomic mass is 16.5. The standard InChI is InChI=1S/C18H26N2O4/c1-13-2-3-15(20-18(21)17-11-19-6-9-23-17)10-16(13)24-12-14-4-7-22-8-5-14/h2-3,10,14,17,19H,4-9,11-12H2,1H3,(H,20,21). The van der Waals surface area contributed by atoms with E-state index in [1.165, 1.54) is 0 Å². The van der Waals surface area contributed by atoms with Gasteiger partial charge >= 0.3 is 0 Å². The molecule has 6 heteroatoms. The van der Waals surface area contributed by atoms with Crippen molar-refractivity contribution in [2.75, 3.05) is 44.8 Å². The first-order valence-corrected chi connectivity index (χ1v) is 8.67. The van der Waals surface area contributed by atoms with Gasteiger partial charge in [-0.2, -0.15) is 0 Å². The van der Waals surface area contributed by atoms with E-state index in [0.29, 0.717) is 25.7 Å². The molecule has 24 heavy (non-hydrogen) atoms. The molecule has 2 aliphatic heterocycles. The van der Waals surface area contributed by atoms with Gasteiger partial charge in [0.15, 0.2) is 0 Å². The van der Waals surface area contributed by atoms with E-state index in [4.69, 9.17) is 14.2 Å². The maximum atomic E-state index is 12.2. The van der Waals surface area contributed by atoms with Gasteiger partial charge in [0.1, 0.15) is 11.9 Å². The summed E-state index contributed by atoms with van der Waals surface area (Å²) < 4.78 is 16.8. The van der Waals surface area contributed by atoms with Crippen LogP contribution in [0, 0.1) is 12.8 Å². The van der Waals surface area contributed by atoms with E-state index < -0.39 is 6.10 Å². The highest BCUT2D eigenvalue weighted by Crippen LogP contribution is 2.25. The molecule has 2 N–H and O–H groups in total. The normalized spacial score (nSPS) is 22.1. The van der Waals surface area contributed by atoms with Crippen molar-refractivity contribution in [1.82, 2.24) is 5.32 Å². The molecule has 1 aromatic carbocycles. The minimum Gasteiger partial charge on any atom is -0.493 e. The third-order valence-electron chi connectivity index (χ3n) is 4.49. The van der Waals surface area contributed by atoms with Crippen molar-refractivity contribution < 1.29 is 19.0 Å². The van der Waals surface area contributed by atoms with Crippen LogP contribution in [0.25, 0.3) is 0 Å². The van der Waals surface area contributed by atoms with Crippen LogP contribution in [-0.2, 0) is 14.3 Å². The van der Waals surface area contributed by atoms with Gasteiger partial charge in [-0.25, -0.2) is 0 Å². The van der Waals surface area contributed by atoms with Crippen LogP contribution in [0.2, 0.25) is 0 Å².